The van der Waals surface area contributed by atoms with E-state index in [1.54, 1.807) is 0 Å². The van der Waals surface area contributed by atoms with Gasteiger partial charge in [0.2, 0.25) is 0 Å². The fraction of sp³-hybridized carbons (Fsp3) is 0. The van der Waals surface area contributed by atoms with E-state index in [1.165, 1.54) is 0 Å². The SMILES string of the molecule is O=Cc1nc(C(=O)O)c(Cl)[nH]1. The third kappa shape index (κ3) is 1.38. The Morgan fingerprint density at radius 1 is 1.73 bits per heavy atom. The molecule has 1 aromatic heterocycles. The van der Waals surface area contributed by atoms with Gasteiger partial charge in [0.05, 0.1) is 0 Å². The van der Waals surface area contributed by atoms with Crippen molar-refractivity contribution in [1.29, 1.82) is 0 Å². The average Bonchev–Trinajstić information content (AvgIpc) is 2.30. The normalized spacial score (nSPS) is 9.55. The Bertz CT molecular complexity index is 307. The highest BCUT2D eigenvalue weighted by Crippen LogP contribution is 2.10. The number of rotatable bonds is 2. The number of H-pyrrole nitrogens is 1. The Morgan fingerprint density at radius 3 is 2.64 bits per heavy atom. The number of aromatic nitrogens is 2. The van der Waals surface area contributed by atoms with Crippen LogP contribution in [-0.4, -0.2) is 27.3 Å². The summed E-state index contributed by atoms with van der Waals surface area (Å²) in [6, 6.07) is 0. The van der Waals surface area contributed by atoms with E-state index in [0.29, 0.717) is 6.29 Å². The molecule has 0 aliphatic rings. The summed E-state index contributed by atoms with van der Waals surface area (Å²) in [5.74, 6) is -1.35. The number of aromatic carboxylic acids is 1. The summed E-state index contributed by atoms with van der Waals surface area (Å²) >= 11 is 5.36. The van der Waals surface area contributed by atoms with Crippen molar-refractivity contribution in [3.05, 3.63) is 16.7 Å². The average molecular weight is 175 g/mol. The topological polar surface area (TPSA) is 83.1 Å². The lowest BCUT2D eigenvalue weighted by molar-refractivity contribution is 0.0691. The van der Waals surface area contributed by atoms with Gasteiger partial charge in [-0.25, -0.2) is 9.78 Å². The van der Waals surface area contributed by atoms with Gasteiger partial charge in [-0.15, -0.1) is 0 Å². The largest absolute Gasteiger partial charge is 0.476 e. The molecule has 0 unspecified atom stereocenters. The molecule has 6 heteroatoms. The van der Waals surface area contributed by atoms with E-state index in [9.17, 15) is 9.59 Å². The Labute approximate surface area is 66.0 Å². The minimum Gasteiger partial charge on any atom is -0.476 e. The molecule has 0 aromatic carbocycles. The fourth-order valence-electron chi connectivity index (χ4n) is 0.567. The lowest BCUT2D eigenvalue weighted by atomic mass is 10.5. The second-order valence-corrected chi connectivity index (χ2v) is 2.09. The quantitative estimate of drug-likeness (QED) is 0.643. The molecule has 0 atom stereocenters. The van der Waals surface area contributed by atoms with E-state index in [-0.39, 0.29) is 16.7 Å². The molecule has 11 heavy (non-hydrogen) atoms. The molecule has 2 N–H and O–H groups in total. The van der Waals surface area contributed by atoms with Crippen LogP contribution in [0.4, 0.5) is 0 Å². The van der Waals surface area contributed by atoms with Crippen molar-refractivity contribution in [3.63, 3.8) is 0 Å². The summed E-state index contributed by atoms with van der Waals surface area (Å²) in [7, 11) is 0. The van der Waals surface area contributed by atoms with Crippen molar-refractivity contribution in [1.82, 2.24) is 9.97 Å². The predicted octanol–water partition coefficient (Wildman–Crippen LogP) is 0.574. The molecule has 0 saturated heterocycles. The van der Waals surface area contributed by atoms with E-state index >= 15 is 0 Å². The number of carbonyl (C=O) groups is 2. The molecule has 0 aliphatic carbocycles. The number of carboxylic acid groups (broad SMARTS) is 1. The van der Waals surface area contributed by atoms with Crippen LogP contribution in [0.1, 0.15) is 21.1 Å². The molecule has 0 saturated carbocycles. The predicted molar refractivity (Wildman–Crippen MR) is 35.9 cm³/mol. The molecule has 0 spiro atoms. The minimum absolute atomic E-state index is 0.0904. The molecule has 0 radical (unpaired) electrons. The highest BCUT2D eigenvalue weighted by molar-refractivity contribution is 6.32. The van der Waals surface area contributed by atoms with Crippen LogP contribution in [0.25, 0.3) is 0 Å². The number of nitrogens with zero attached hydrogens (tertiary/aromatic N) is 1. The van der Waals surface area contributed by atoms with Crippen molar-refractivity contribution in [2.75, 3.05) is 0 Å². The molecule has 0 fully saturated rings. The number of aldehydes is 1. The maximum Gasteiger partial charge on any atom is 0.357 e. The minimum atomic E-state index is -1.26. The van der Waals surface area contributed by atoms with Crippen LogP contribution in [0.5, 0.6) is 0 Å². The molecule has 1 aromatic rings. The summed E-state index contributed by atoms with van der Waals surface area (Å²) in [6.07, 6.45) is 0.387. The van der Waals surface area contributed by atoms with Crippen LogP contribution >= 0.6 is 11.6 Å². The van der Waals surface area contributed by atoms with Gasteiger partial charge in [0, 0.05) is 0 Å². The van der Waals surface area contributed by atoms with Crippen LogP contribution in [0.15, 0.2) is 0 Å². The summed E-state index contributed by atoms with van der Waals surface area (Å²) in [5.41, 5.74) is -0.339. The van der Waals surface area contributed by atoms with Crippen LogP contribution in [-0.2, 0) is 0 Å². The summed E-state index contributed by atoms with van der Waals surface area (Å²) in [5, 5.41) is 8.25. The molecule has 5 nitrogen and oxygen atoms in total. The number of carboxylic acids is 1. The summed E-state index contributed by atoms with van der Waals surface area (Å²) < 4.78 is 0. The Morgan fingerprint density at radius 2 is 2.36 bits per heavy atom. The zero-order valence-corrected chi connectivity index (χ0v) is 5.92. The molecule has 1 heterocycles. The highest BCUT2D eigenvalue weighted by Gasteiger charge is 2.13. The van der Waals surface area contributed by atoms with Crippen LogP contribution in [0, 0.1) is 0 Å². The molecule has 58 valence electrons. The first-order valence-corrected chi connectivity index (χ1v) is 2.97. The van der Waals surface area contributed by atoms with Crippen molar-refractivity contribution >= 4 is 23.9 Å². The molecule has 0 bridgehead atoms. The molecular weight excluding hydrogens is 172 g/mol. The van der Waals surface area contributed by atoms with Gasteiger partial charge in [-0.3, -0.25) is 4.79 Å². The monoisotopic (exact) mass is 174 g/mol. The number of halogens is 1. The van der Waals surface area contributed by atoms with Gasteiger partial charge in [0.25, 0.3) is 0 Å². The lowest BCUT2D eigenvalue weighted by Crippen LogP contribution is -1.97. The van der Waals surface area contributed by atoms with E-state index in [0.717, 1.165) is 0 Å². The lowest BCUT2D eigenvalue weighted by Gasteiger charge is -1.82. The Kier molecular flexibility index (Phi) is 1.91. The zero-order chi connectivity index (χ0) is 8.43. The first-order valence-electron chi connectivity index (χ1n) is 2.59. The van der Waals surface area contributed by atoms with Crippen molar-refractivity contribution < 1.29 is 14.7 Å². The molecule has 0 amide bonds. The number of hydrogen-bond donors (Lipinski definition) is 2. The Hall–Kier alpha value is -1.36. The van der Waals surface area contributed by atoms with Crippen molar-refractivity contribution in [2.45, 2.75) is 0 Å². The third-order valence-corrected chi connectivity index (χ3v) is 1.27. The number of imidazole rings is 1. The smallest absolute Gasteiger partial charge is 0.357 e. The zero-order valence-electron chi connectivity index (χ0n) is 5.17. The highest BCUT2D eigenvalue weighted by atomic mass is 35.5. The van der Waals surface area contributed by atoms with Crippen LogP contribution < -0.4 is 0 Å². The van der Waals surface area contributed by atoms with E-state index in [2.05, 4.69) is 9.97 Å². The van der Waals surface area contributed by atoms with Gasteiger partial charge in [-0.1, -0.05) is 11.6 Å². The third-order valence-electron chi connectivity index (χ3n) is 0.992. The number of carbonyl (C=O) groups excluding carboxylic acids is 1. The molecule has 1 rings (SSSR count). The van der Waals surface area contributed by atoms with Crippen molar-refractivity contribution in [2.24, 2.45) is 0 Å². The number of hydrogen-bond acceptors (Lipinski definition) is 3. The second kappa shape index (κ2) is 2.71. The number of nitrogens with one attached hydrogen (secondary N) is 1. The van der Waals surface area contributed by atoms with Gasteiger partial charge in [-0.2, -0.15) is 0 Å². The van der Waals surface area contributed by atoms with Gasteiger partial charge in [0.15, 0.2) is 17.8 Å². The summed E-state index contributed by atoms with van der Waals surface area (Å²) in [6.45, 7) is 0. The maximum atomic E-state index is 10.3. The van der Waals surface area contributed by atoms with Crippen LogP contribution in [0.2, 0.25) is 5.15 Å². The van der Waals surface area contributed by atoms with Gasteiger partial charge < -0.3 is 10.1 Å². The fourth-order valence-corrected chi connectivity index (χ4v) is 0.787. The second-order valence-electron chi connectivity index (χ2n) is 1.71. The van der Waals surface area contributed by atoms with Crippen molar-refractivity contribution in [3.8, 4) is 0 Å². The van der Waals surface area contributed by atoms with Gasteiger partial charge in [-0.05, 0) is 0 Å². The standard InChI is InChI=1S/C5H3ClN2O3/c6-4-3(5(10)11)7-2(1-9)8-4/h1H,(H,7,8)(H,10,11). The van der Waals surface area contributed by atoms with E-state index in [1.807, 2.05) is 0 Å². The van der Waals surface area contributed by atoms with Crippen LogP contribution in [0.3, 0.4) is 0 Å². The van der Waals surface area contributed by atoms with Gasteiger partial charge in [0.1, 0.15) is 5.15 Å². The van der Waals surface area contributed by atoms with E-state index in [4.69, 9.17) is 16.7 Å². The Balaban J connectivity index is 3.16. The maximum absolute atomic E-state index is 10.3. The first-order chi connectivity index (χ1) is 5.15. The van der Waals surface area contributed by atoms with E-state index < -0.39 is 5.97 Å². The summed E-state index contributed by atoms with van der Waals surface area (Å²) in [4.78, 5) is 26.0. The first kappa shape index (κ1) is 7.74. The van der Waals surface area contributed by atoms with Gasteiger partial charge >= 0.3 is 5.97 Å². The number of aromatic amines is 1. The molecule has 0 aliphatic heterocycles. The molecular formula is C5H3ClN2O3.